The van der Waals surface area contributed by atoms with E-state index in [1.807, 2.05) is 0 Å². The zero-order valence-corrected chi connectivity index (χ0v) is 10.5. The van der Waals surface area contributed by atoms with Crippen molar-refractivity contribution in [2.45, 2.75) is 12.7 Å². The monoisotopic (exact) mass is 282 g/mol. The van der Waals surface area contributed by atoms with Crippen molar-refractivity contribution in [1.29, 1.82) is 5.26 Å². The van der Waals surface area contributed by atoms with E-state index in [2.05, 4.69) is 0 Å². The average molecular weight is 283 g/mol. The van der Waals surface area contributed by atoms with Crippen LogP contribution < -0.4 is 0 Å². The van der Waals surface area contributed by atoms with Crippen LogP contribution in [0.2, 0.25) is 4.34 Å². The van der Waals surface area contributed by atoms with Crippen LogP contribution in [0.15, 0.2) is 12.1 Å². The van der Waals surface area contributed by atoms with Crippen molar-refractivity contribution >= 4 is 22.9 Å². The number of rotatable bonds is 4. The summed E-state index contributed by atoms with van der Waals surface area (Å²) in [5, 5.41) is 8.47. The number of nitriles is 1. The van der Waals surface area contributed by atoms with Gasteiger partial charge in [-0.25, -0.2) is 0 Å². The second kappa shape index (κ2) is 5.71. The molecule has 0 fully saturated rings. The van der Waals surface area contributed by atoms with Gasteiger partial charge in [0.2, 0.25) is 0 Å². The fourth-order valence-corrected chi connectivity index (χ4v) is 2.46. The minimum atomic E-state index is -4.48. The first-order valence-electron chi connectivity index (χ1n) is 4.72. The molecule has 1 unspecified atom stereocenters. The molecule has 0 aliphatic rings. The molecule has 0 saturated heterocycles. The molecule has 0 spiro atoms. The molecular weight excluding hydrogens is 273 g/mol. The summed E-state index contributed by atoms with van der Waals surface area (Å²) >= 11 is 7.03. The van der Waals surface area contributed by atoms with Crippen LogP contribution in [-0.4, -0.2) is 24.7 Å². The van der Waals surface area contributed by atoms with Crippen molar-refractivity contribution in [3.05, 3.63) is 21.3 Å². The van der Waals surface area contributed by atoms with E-state index in [0.717, 1.165) is 4.88 Å². The number of nitrogens with zero attached hydrogens (tertiary/aromatic N) is 2. The Kier molecular flexibility index (Phi) is 4.80. The van der Waals surface area contributed by atoms with Gasteiger partial charge in [0, 0.05) is 18.0 Å². The van der Waals surface area contributed by atoms with E-state index < -0.39 is 12.1 Å². The third-order valence-electron chi connectivity index (χ3n) is 2.10. The van der Waals surface area contributed by atoms with E-state index in [-0.39, 0.29) is 6.54 Å². The van der Waals surface area contributed by atoms with Gasteiger partial charge < -0.3 is 0 Å². The molecule has 94 valence electrons. The predicted octanol–water partition coefficient (Wildman–Crippen LogP) is 3.54. The lowest BCUT2D eigenvalue weighted by atomic mass is 10.1. The normalized spacial score (nSPS) is 13.7. The summed E-state index contributed by atoms with van der Waals surface area (Å²) < 4.78 is 37.7. The summed E-state index contributed by atoms with van der Waals surface area (Å²) in [6.45, 7) is 0.0150. The van der Waals surface area contributed by atoms with Gasteiger partial charge in [0.25, 0.3) is 0 Å². The Morgan fingerprint density at radius 2 is 2.18 bits per heavy atom. The highest BCUT2D eigenvalue weighted by atomic mass is 35.5. The van der Waals surface area contributed by atoms with Gasteiger partial charge in [0.1, 0.15) is 0 Å². The van der Waals surface area contributed by atoms with Gasteiger partial charge in [-0.05, 0) is 19.2 Å². The summed E-state index contributed by atoms with van der Waals surface area (Å²) in [5.41, 5.74) is 0. The summed E-state index contributed by atoms with van der Waals surface area (Å²) in [5.74, 6) is -1.96. The van der Waals surface area contributed by atoms with Gasteiger partial charge in [0.05, 0.1) is 10.4 Å². The van der Waals surface area contributed by atoms with Crippen molar-refractivity contribution < 1.29 is 13.2 Å². The zero-order chi connectivity index (χ0) is 13.1. The number of hydrogen-bond donors (Lipinski definition) is 0. The smallest absolute Gasteiger partial charge is 0.300 e. The van der Waals surface area contributed by atoms with Gasteiger partial charge in [-0.1, -0.05) is 11.6 Å². The molecule has 0 aromatic carbocycles. The van der Waals surface area contributed by atoms with Crippen LogP contribution in [0.3, 0.4) is 0 Å². The molecule has 1 atom stereocenters. The van der Waals surface area contributed by atoms with E-state index in [9.17, 15) is 13.2 Å². The number of hydrogen-bond acceptors (Lipinski definition) is 3. The minimum Gasteiger partial charge on any atom is -0.300 e. The first-order chi connectivity index (χ1) is 7.82. The van der Waals surface area contributed by atoms with Crippen LogP contribution in [0.1, 0.15) is 4.88 Å². The lowest BCUT2D eigenvalue weighted by Gasteiger charge is -2.20. The van der Waals surface area contributed by atoms with E-state index in [1.54, 1.807) is 19.2 Å². The molecule has 0 amide bonds. The molecule has 0 saturated carbocycles. The molecule has 0 aliphatic heterocycles. The number of halogens is 4. The summed E-state index contributed by atoms with van der Waals surface area (Å²) in [7, 11) is 1.55. The molecule has 0 radical (unpaired) electrons. The van der Waals surface area contributed by atoms with Gasteiger partial charge >= 0.3 is 6.18 Å². The molecule has 1 aromatic heterocycles. The van der Waals surface area contributed by atoms with Crippen LogP contribution >= 0.6 is 22.9 Å². The fourth-order valence-electron chi connectivity index (χ4n) is 1.30. The second-order valence-corrected chi connectivity index (χ2v) is 5.43. The zero-order valence-electron chi connectivity index (χ0n) is 8.96. The number of thiophene rings is 1. The third kappa shape index (κ3) is 4.54. The Morgan fingerprint density at radius 1 is 1.53 bits per heavy atom. The molecule has 0 aliphatic carbocycles. The topological polar surface area (TPSA) is 27.0 Å². The first-order valence-corrected chi connectivity index (χ1v) is 5.91. The Hall–Kier alpha value is -0.770. The number of alkyl halides is 3. The lowest BCUT2D eigenvalue weighted by molar-refractivity contribution is -0.162. The van der Waals surface area contributed by atoms with Crippen molar-refractivity contribution in [3.63, 3.8) is 0 Å². The summed E-state index contributed by atoms with van der Waals surface area (Å²) in [4.78, 5) is 2.33. The summed E-state index contributed by atoms with van der Waals surface area (Å²) in [6, 6.07) is 4.73. The Bertz CT molecular complexity index is 410. The SMILES string of the molecule is CN(Cc1ccc(Cl)s1)CC(C#N)C(F)(F)F. The molecule has 2 nitrogen and oxygen atoms in total. The maximum atomic E-state index is 12.4. The highest BCUT2D eigenvalue weighted by Crippen LogP contribution is 2.27. The summed E-state index contributed by atoms with van der Waals surface area (Å²) in [6.07, 6.45) is -4.48. The largest absolute Gasteiger partial charge is 0.405 e. The molecule has 0 bridgehead atoms. The second-order valence-electron chi connectivity index (χ2n) is 3.63. The molecular formula is C10H10ClF3N2S. The van der Waals surface area contributed by atoms with E-state index in [0.29, 0.717) is 10.9 Å². The van der Waals surface area contributed by atoms with E-state index in [1.165, 1.54) is 22.3 Å². The molecule has 17 heavy (non-hydrogen) atoms. The van der Waals surface area contributed by atoms with Crippen LogP contribution in [0.4, 0.5) is 13.2 Å². The lowest BCUT2D eigenvalue weighted by Crippen LogP contribution is -2.33. The average Bonchev–Trinajstić information content (AvgIpc) is 2.58. The van der Waals surface area contributed by atoms with Gasteiger partial charge in [-0.15, -0.1) is 11.3 Å². The predicted molar refractivity (Wildman–Crippen MR) is 60.8 cm³/mol. The third-order valence-corrected chi connectivity index (χ3v) is 3.32. The molecule has 0 N–H and O–H groups in total. The Morgan fingerprint density at radius 3 is 2.59 bits per heavy atom. The molecule has 7 heteroatoms. The van der Waals surface area contributed by atoms with Crippen LogP contribution in [0.25, 0.3) is 0 Å². The quantitative estimate of drug-likeness (QED) is 0.845. The van der Waals surface area contributed by atoms with Crippen molar-refractivity contribution in [2.24, 2.45) is 5.92 Å². The van der Waals surface area contributed by atoms with Gasteiger partial charge in [-0.3, -0.25) is 4.90 Å². The maximum Gasteiger partial charge on any atom is 0.405 e. The Labute approximate surface area is 106 Å². The van der Waals surface area contributed by atoms with Crippen LogP contribution in [0.5, 0.6) is 0 Å². The molecule has 1 aromatic rings. The highest BCUT2D eigenvalue weighted by molar-refractivity contribution is 7.16. The maximum absolute atomic E-state index is 12.4. The minimum absolute atomic E-state index is 0.338. The fraction of sp³-hybridized carbons (Fsp3) is 0.500. The molecule has 1 heterocycles. The molecule has 1 rings (SSSR count). The Balaban J connectivity index is 2.55. The van der Waals surface area contributed by atoms with Gasteiger partial charge in [0.15, 0.2) is 5.92 Å². The first kappa shape index (κ1) is 14.3. The van der Waals surface area contributed by atoms with E-state index in [4.69, 9.17) is 16.9 Å². The van der Waals surface area contributed by atoms with E-state index >= 15 is 0 Å². The highest BCUT2D eigenvalue weighted by Gasteiger charge is 2.40. The van der Waals surface area contributed by atoms with Crippen molar-refractivity contribution in [3.8, 4) is 6.07 Å². The van der Waals surface area contributed by atoms with Crippen molar-refractivity contribution in [1.82, 2.24) is 4.90 Å². The van der Waals surface area contributed by atoms with Crippen LogP contribution in [0, 0.1) is 17.2 Å². The van der Waals surface area contributed by atoms with Crippen LogP contribution in [-0.2, 0) is 6.54 Å². The van der Waals surface area contributed by atoms with Crippen molar-refractivity contribution in [2.75, 3.05) is 13.6 Å². The standard InChI is InChI=1S/C10H10ClF3N2S/c1-16(5-7(4-15)10(12,13)14)6-8-2-3-9(11)17-8/h2-3,7H,5-6H2,1H3. The van der Waals surface area contributed by atoms with Gasteiger partial charge in [-0.2, -0.15) is 18.4 Å².